The van der Waals surface area contributed by atoms with Crippen LogP contribution in [0.25, 0.3) is 0 Å². The Balaban J connectivity index is 1.72. The lowest BCUT2D eigenvalue weighted by Gasteiger charge is -2.36. The van der Waals surface area contributed by atoms with Gasteiger partial charge in [-0.3, -0.25) is 0 Å². The monoisotopic (exact) mass is 290 g/mol. The smallest absolute Gasteiger partial charge is 0.0728 e. The Labute approximate surface area is 128 Å². The van der Waals surface area contributed by atoms with Crippen LogP contribution in [0.4, 0.5) is 0 Å². The third-order valence-corrected chi connectivity index (χ3v) is 5.39. The minimum Gasteiger partial charge on any atom is -0.314 e. The largest absolute Gasteiger partial charge is 0.314 e. The molecule has 1 N–H and O–H groups in total. The van der Waals surface area contributed by atoms with Crippen LogP contribution in [-0.4, -0.2) is 27.6 Å². The van der Waals surface area contributed by atoms with Crippen molar-refractivity contribution in [2.75, 3.05) is 6.54 Å². The molecule has 4 nitrogen and oxygen atoms in total. The molecule has 2 saturated carbocycles. The molecule has 0 aliphatic heterocycles. The van der Waals surface area contributed by atoms with Crippen LogP contribution in [0.1, 0.15) is 70.4 Å². The number of nitrogens with one attached hydrogen (secondary N) is 1. The van der Waals surface area contributed by atoms with Crippen LogP contribution >= 0.6 is 0 Å². The minimum atomic E-state index is 0.650. The number of aryl methyl sites for hydroxylation is 1. The van der Waals surface area contributed by atoms with Crippen molar-refractivity contribution in [1.29, 1.82) is 0 Å². The van der Waals surface area contributed by atoms with Gasteiger partial charge < -0.3 is 5.32 Å². The zero-order valence-electron chi connectivity index (χ0n) is 13.6. The Hall–Kier alpha value is -0.900. The predicted octanol–water partition coefficient (Wildman–Crippen LogP) is 3.35. The quantitative estimate of drug-likeness (QED) is 0.837. The standard InChI is InChI=1S/C17H30N4/c1-3-9-21-17(12-19-20-21)16-10-13(4-2)5-6-14(16)11-18-15-7-8-15/h12-16,18H,3-11H2,1-2H3. The van der Waals surface area contributed by atoms with E-state index in [9.17, 15) is 0 Å². The van der Waals surface area contributed by atoms with Gasteiger partial charge in [0.25, 0.3) is 0 Å². The van der Waals surface area contributed by atoms with Crippen molar-refractivity contribution < 1.29 is 0 Å². The summed E-state index contributed by atoms with van der Waals surface area (Å²) >= 11 is 0. The molecule has 3 rings (SSSR count). The Morgan fingerprint density at radius 3 is 2.81 bits per heavy atom. The van der Waals surface area contributed by atoms with Gasteiger partial charge in [-0.2, -0.15) is 0 Å². The van der Waals surface area contributed by atoms with Crippen LogP contribution in [0.3, 0.4) is 0 Å². The van der Waals surface area contributed by atoms with E-state index in [-0.39, 0.29) is 0 Å². The van der Waals surface area contributed by atoms with Gasteiger partial charge in [-0.15, -0.1) is 5.10 Å². The first-order chi connectivity index (χ1) is 10.3. The Morgan fingerprint density at radius 1 is 1.24 bits per heavy atom. The van der Waals surface area contributed by atoms with Gasteiger partial charge in [0.2, 0.25) is 0 Å². The second-order valence-electron chi connectivity index (χ2n) is 7.02. The molecule has 2 aliphatic rings. The number of hydrogen-bond donors (Lipinski definition) is 1. The topological polar surface area (TPSA) is 42.7 Å². The molecule has 21 heavy (non-hydrogen) atoms. The first-order valence-corrected chi connectivity index (χ1v) is 8.93. The van der Waals surface area contributed by atoms with Crippen molar-refractivity contribution >= 4 is 0 Å². The Morgan fingerprint density at radius 2 is 2.10 bits per heavy atom. The molecule has 0 amide bonds. The van der Waals surface area contributed by atoms with Gasteiger partial charge in [0.1, 0.15) is 0 Å². The van der Waals surface area contributed by atoms with Crippen LogP contribution in [-0.2, 0) is 6.54 Å². The van der Waals surface area contributed by atoms with E-state index >= 15 is 0 Å². The van der Waals surface area contributed by atoms with Gasteiger partial charge in [0, 0.05) is 18.5 Å². The SMILES string of the molecule is CCCn1nncc1C1CC(CC)CCC1CNC1CC1. The summed E-state index contributed by atoms with van der Waals surface area (Å²) in [6, 6.07) is 0.813. The van der Waals surface area contributed by atoms with Crippen LogP contribution < -0.4 is 5.32 Å². The van der Waals surface area contributed by atoms with E-state index in [1.165, 1.54) is 50.8 Å². The summed E-state index contributed by atoms with van der Waals surface area (Å²) in [7, 11) is 0. The summed E-state index contributed by atoms with van der Waals surface area (Å²) < 4.78 is 2.16. The maximum Gasteiger partial charge on any atom is 0.0728 e. The summed E-state index contributed by atoms with van der Waals surface area (Å²) in [6.45, 7) is 6.74. The molecule has 118 valence electrons. The van der Waals surface area contributed by atoms with Crippen LogP contribution in [0.5, 0.6) is 0 Å². The molecule has 0 bridgehead atoms. The molecule has 0 saturated heterocycles. The fourth-order valence-corrected chi connectivity index (χ4v) is 3.84. The summed E-state index contributed by atoms with van der Waals surface area (Å²) in [5.74, 6) is 2.30. The molecule has 0 radical (unpaired) electrons. The summed E-state index contributed by atoms with van der Waals surface area (Å²) in [4.78, 5) is 0. The van der Waals surface area contributed by atoms with Crippen molar-refractivity contribution in [3.8, 4) is 0 Å². The van der Waals surface area contributed by atoms with E-state index in [0.717, 1.165) is 30.8 Å². The van der Waals surface area contributed by atoms with Crippen molar-refractivity contribution in [1.82, 2.24) is 20.3 Å². The molecular formula is C17H30N4. The Kier molecular flexibility index (Phi) is 4.94. The second-order valence-corrected chi connectivity index (χ2v) is 7.02. The van der Waals surface area contributed by atoms with Gasteiger partial charge >= 0.3 is 0 Å². The lowest BCUT2D eigenvalue weighted by Crippen LogP contribution is -2.34. The molecule has 1 aromatic heterocycles. The molecule has 2 aliphatic carbocycles. The molecule has 0 aromatic carbocycles. The highest BCUT2D eigenvalue weighted by Gasteiger charge is 2.34. The van der Waals surface area contributed by atoms with Gasteiger partial charge in [-0.05, 0) is 50.5 Å². The van der Waals surface area contributed by atoms with E-state index < -0.39 is 0 Å². The normalized spacial score (nSPS) is 29.7. The van der Waals surface area contributed by atoms with Crippen molar-refractivity contribution in [2.24, 2.45) is 11.8 Å². The molecule has 4 heteroatoms. The van der Waals surface area contributed by atoms with Crippen LogP contribution in [0.2, 0.25) is 0 Å². The average molecular weight is 290 g/mol. The van der Waals surface area contributed by atoms with Gasteiger partial charge in [-0.1, -0.05) is 31.9 Å². The second kappa shape index (κ2) is 6.91. The number of nitrogens with zero attached hydrogens (tertiary/aromatic N) is 3. The predicted molar refractivity (Wildman–Crippen MR) is 85.2 cm³/mol. The first-order valence-electron chi connectivity index (χ1n) is 8.93. The summed E-state index contributed by atoms with van der Waals surface area (Å²) in [6.07, 6.45) is 11.3. The number of hydrogen-bond acceptors (Lipinski definition) is 3. The summed E-state index contributed by atoms with van der Waals surface area (Å²) in [5.41, 5.74) is 1.39. The molecule has 1 aromatic rings. The first kappa shape index (κ1) is 15.0. The van der Waals surface area contributed by atoms with Gasteiger partial charge in [-0.25, -0.2) is 4.68 Å². The van der Waals surface area contributed by atoms with E-state index in [2.05, 4.69) is 34.2 Å². The van der Waals surface area contributed by atoms with E-state index in [4.69, 9.17) is 0 Å². The summed E-state index contributed by atoms with van der Waals surface area (Å²) in [5, 5.41) is 12.3. The molecule has 0 spiro atoms. The highest BCUT2D eigenvalue weighted by molar-refractivity contribution is 5.08. The fourth-order valence-electron chi connectivity index (χ4n) is 3.84. The third-order valence-electron chi connectivity index (χ3n) is 5.39. The zero-order chi connectivity index (χ0) is 14.7. The number of rotatable bonds is 7. The third kappa shape index (κ3) is 3.65. The lowest BCUT2D eigenvalue weighted by atomic mass is 9.72. The molecule has 1 heterocycles. The van der Waals surface area contributed by atoms with Crippen molar-refractivity contribution in [2.45, 2.75) is 77.3 Å². The maximum absolute atomic E-state index is 4.32. The lowest BCUT2D eigenvalue weighted by molar-refractivity contribution is 0.217. The highest BCUT2D eigenvalue weighted by atomic mass is 15.4. The highest BCUT2D eigenvalue weighted by Crippen LogP contribution is 2.41. The van der Waals surface area contributed by atoms with Gasteiger partial charge in [0.05, 0.1) is 11.9 Å². The van der Waals surface area contributed by atoms with E-state index in [1.54, 1.807) is 0 Å². The Bertz CT molecular complexity index is 438. The zero-order valence-corrected chi connectivity index (χ0v) is 13.6. The molecule has 2 fully saturated rings. The van der Waals surface area contributed by atoms with E-state index in [0.29, 0.717) is 5.92 Å². The van der Waals surface area contributed by atoms with E-state index in [1.807, 2.05) is 6.20 Å². The van der Waals surface area contributed by atoms with Crippen molar-refractivity contribution in [3.05, 3.63) is 11.9 Å². The van der Waals surface area contributed by atoms with Crippen LogP contribution in [0, 0.1) is 11.8 Å². The van der Waals surface area contributed by atoms with Gasteiger partial charge in [0.15, 0.2) is 0 Å². The molecular weight excluding hydrogens is 260 g/mol. The fraction of sp³-hybridized carbons (Fsp3) is 0.882. The van der Waals surface area contributed by atoms with Crippen molar-refractivity contribution in [3.63, 3.8) is 0 Å². The average Bonchev–Trinajstić information content (AvgIpc) is 3.23. The molecule has 3 unspecified atom stereocenters. The minimum absolute atomic E-state index is 0.650. The van der Waals surface area contributed by atoms with Crippen LogP contribution in [0.15, 0.2) is 6.20 Å². The maximum atomic E-state index is 4.32. The number of aromatic nitrogens is 3. The molecule has 3 atom stereocenters.